The van der Waals surface area contributed by atoms with Crippen molar-refractivity contribution >= 4 is 17.5 Å². The van der Waals surface area contributed by atoms with Crippen LogP contribution in [0.15, 0.2) is 12.1 Å². The Hall–Kier alpha value is -2.11. The average molecular weight is 292 g/mol. The number of fused-ring (bicyclic) bond motifs is 1. The lowest BCUT2D eigenvalue weighted by Crippen LogP contribution is -2.35. The normalized spacial score (nSPS) is 24.3. The first-order valence-electron chi connectivity index (χ1n) is 7.02. The van der Waals surface area contributed by atoms with E-state index in [2.05, 4.69) is 5.32 Å². The lowest BCUT2D eigenvalue weighted by atomic mass is 9.97. The van der Waals surface area contributed by atoms with E-state index in [1.54, 1.807) is 17.9 Å². The van der Waals surface area contributed by atoms with Crippen molar-refractivity contribution in [3.8, 4) is 5.75 Å². The smallest absolute Gasteiger partial charge is 0.265 e. The number of ether oxygens (including phenoxy) is 1. The lowest BCUT2D eigenvalue weighted by molar-refractivity contribution is -0.127. The molecule has 0 bridgehead atoms. The molecule has 1 aromatic rings. The van der Waals surface area contributed by atoms with Gasteiger partial charge in [-0.15, -0.1) is 0 Å². The number of carbonyl (C=O) groups is 2. The molecule has 1 aromatic carbocycles. The Morgan fingerprint density at radius 1 is 1.48 bits per heavy atom. The zero-order valence-electron chi connectivity index (χ0n) is 12.0. The molecule has 1 fully saturated rings. The molecule has 2 heterocycles. The van der Waals surface area contributed by atoms with E-state index in [9.17, 15) is 14.0 Å². The molecule has 5 nitrogen and oxygen atoms in total. The molecule has 0 spiro atoms. The topological polar surface area (TPSA) is 58.6 Å². The van der Waals surface area contributed by atoms with E-state index in [-0.39, 0.29) is 23.5 Å². The molecule has 21 heavy (non-hydrogen) atoms. The Kier molecular flexibility index (Phi) is 3.31. The standard InChI is InChI=1S/C15H17FN2O3/c1-8-15(20)17-13-6-11(5-12(16)14(13)21-8)10-3-4-18(7-10)9(2)19/h5-6,8,10H,3-4,7H2,1-2H3,(H,17,20)/t8-,10?/m1/s1. The molecule has 2 aliphatic rings. The van der Waals surface area contributed by atoms with E-state index in [1.807, 2.05) is 0 Å². The fourth-order valence-corrected chi connectivity index (χ4v) is 2.85. The highest BCUT2D eigenvalue weighted by Gasteiger charge is 2.30. The summed E-state index contributed by atoms with van der Waals surface area (Å²) >= 11 is 0. The third-order valence-corrected chi connectivity index (χ3v) is 4.09. The number of rotatable bonds is 1. The SMILES string of the molecule is CC(=O)N1CCC(c2cc(F)c3c(c2)NC(=O)[C@@H](C)O3)C1. The second-order valence-electron chi connectivity index (χ2n) is 5.58. The van der Waals surface area contributed by atoms with Gasteiger partial charge in [0.2, 0.25) is 5.91 Å². The molecule has 2 aliphatic heterocycles. The summed E-state index contributed by atoms with van der Waals surface area (Å²) in [7, 11) is 0. The van der Waals surface area contributed by atoms with E-state index < -0.39 is 11.9 Å². The summed E-state index contributed by atoms with van der Waals surface area (Å²) in [5, 5.41) is 2.66. The van der Waals surface area contributed by atoms with E-state index >= 15 is 0 Å². The highest BCUT2D eigenvalue weighted by atomic mass is 19.1. The molecule has 2 atom stereocenters. The number of nitrogens with one attached hydrogen (secondary N) is 1. The summed E-state index contributed by atoms with van der Waals surface area (Å²) in [4.78, 5) is 24.8. The lowest BCUT2D eigenvalue weighted by Gasteiger charge is -2.25. The molecular formula is C15H17FN2O3. The van der Waals surface area contributed by atoms with Crippen molar-refractivity contribution in [2.24, 2.45) is 0 Å². The number of carbonyl (C=O) groups excluding carboxylic acids is 2. The van der Waals surface area contributed by atoms with Gasteiger partial charge in [-0.25, -0.2) is 4.39 Å². The van der Waals surface area contributed by atoms with Crippen LogP contribution in [0.4, 0.5) is 10.1 Å². The van der Waals surface area contributed by atoms with Gasteiger partial charge in [0.05, 0.1) is 5.69 Å². The zero-order chi connectivity index (χ0) is 15.1. The fraction of sp³-hybridized carbons (Fsp3) is 0.467. The van der Waals surface area contributed by atoms with E-state index in [0.29, 0.717) is 18.8 Å². The highest BCUT2D eigenvalue weighted by molar-refractivity contribution is 5.97. The molecule has 0 saturated carbocycles. The highest BCUT2D eigenvalue weighted by Crippen LogP contribution is 2.37. The molecule has 3 rings (SSSR count). The van der Waals surface area contributed by atoms with Crippen LogP contribution >= 0.6 is 0 Å². The minimum atomic E-state index is -0.697. The van der Waals surface area contributed by atoms with Crippen molar-refractivity contribution < 1.29 is 18.7 Å². The third kappa shape index (κ3) is 2.46. The average Bonchev–Trinajstić information content (AvgIpc) is 2.91. The number of hydrogen-bond donors (Lipinski definition) is 1. The number of nitrogens with zero attached hydrogens (tertiary/aromatic N) is 1. The maximum atomic E-state index is 14.2. The van der Waals surface area contributed by atoms with Crippen LogP contribution < -0.4 is 10.1 Å². The van der Waals surface area contributed by atoms with Crippen LogP contribution in [-0.2, 0) is 9.59 Å². The Morgan fingerprint density at radius 3 is 2.90 bits per heavy atom. The summed E-state index contributed by atoms with van der Waals surface area (Å²) in [5.41, 5.74) is 1.16. The van der Waals surface area contributed by atoms with Crippen LogP contribution in [0, 0.1) is 5.82 Å². The minimum absolute atomic E-state index is 0.0291. The van der Waals surface area contributed by atoms with Gasteiger partial charge in [-0.05, 0) is 31.0 Å². The maximum absolute atomic E-state index is 14.2. The summed E-state index contributed by atoms with van der Waals surface area (Å²) in [6.07, 6.45) is 0.0979. The first-order valence-corrected chi connectivity index (χ1v) is 7.02. The molecule has 112 valence electrons. The van der Waals surface area contributed by atoms with Crippen LogP contribution in [-0.4, -0.2) is 35.9 Å². The number of amides is 2. The van der Waals surface area contributed by atoms with Crippen LogP contribution in [0.25, 0.3) is 0 Å². The summed E-state index contributed by atoms with van der Waals surface area (Å²) < 4.78 is 19.5. The molecule has 2 amide bonds. The van der Waals surface area contributed by atoms with Gasteiger partial charge < -0.3 is 15.0 Å². The molecule has 1 N–H and O–H groups in total. The molecule has 0 aliphatic carbocycles. The maximum Gasteiger partial charge on any atom is 0.265 e. The van der Waals surface area contributed by atoms with E-state index in [4.69, 9.17) is 4.74 Å². The Morgan fingerprint density at radius 2 is 2.24 bits per heavy atom. The van der Waals surface area contributed by atoms with Crippen LogP contribution in [0.1, 0.15) is 31.7 Å². The van der Waals surface area contributed by atoms with Gasteiger partial charge in [-0.1, -0.05) is 0 Å². The van der Waals surface area contributed by atoms with Crippen molar-refractivity contribution in [1.82, 2.24) is 4.90 Å². The summed E-state index contributed by atoms with van der Waals surface area (Å²) in [6.45, 7) is 4.37. The summed E-state index contributed by atoms with van der Waals surface area (Å²) in [6, 6.07) is 3.19. The first kappa shape index (κ1) is 13.9. The number of anilines is 1. The van der Waals surface area contributed by atoms with Crippen molar-refractivity contribution in [2.45, 2.75) is 32.3 Å². The predicted octanol–water partition coefficient (Wildman–Crippen LogP) is 1.88. The largest absolute Gasteiger partial charge is 0.476 e. The molecular weight excluding hydrogens is 275 g/mol. The Bertz CT molecular complexity index is 617. The zero-order valence-corrected chi connectivity index (χ0v) is 12.0. The van der Waals surface area contributed by atoms with Crippen molar-refractivity contribution in [3.05, 3.63) is 23.5 Å². The minimum Gasteiger partial charge on any atom is -0.476 e. The molecule has 1 saturated heterocycles. The second-order valence-corrected chi connectivity index (χ2v) is 5.58. The third-order valence-electron chi connectivity index (χ3n) is 4.09. The Balaban J connectivity index is 1.89. The number of hydrogen-bond acceptors (Lipinski definition) is 3. The quantitative estimate of drug-likeness (QED) is 0.860. The van der Waals surface area contributed by atoms with Crippen molar-refractivity contribution in [1.29, 1.82) is 0 Å². The van der Waals surface area contributed by atoms with Gasteiger partial charge >= 0.3 is 0 Å². The fourth-order valence-electron chi connectivity index (χ4n) is 2.85. The number of benzene rings is 1. The number of likely N-dealkylation sites (tertiary alicyclic amines) is 1. The van der Waals surface area contributed by atoms with Gasteiger partial charge in [0.25, 0.3) is 5.91 Å². The molecule has 1 unspecified atom stereocenters. The van der Waals surface area contributed by atoms with Gasteiger partial charge in [-0.2, -0.15) is 0 Å². The number of halogens is 1. The van der Waals surface area contributed by atoms with E-state index in [0.717, 1.165) is 12.0 Å². The van der Waals surface area contributed by atoms with E-state index in [1.165, 1.54) is 13.0 Å². The molecule has 0 aromatic heterocycles. The predicted molar refractivity (Wildman–Crippen MR) is 74.7 cm³/mol. The van der Waals surface area contributed by atoms with Gasteiger partial charge in [-0.3, -0.25) is 9.59 Å². The monoisotopic (exact) mass is 292 g/mol. The van der Waals surface area contributed by atoms with Crippen LogP contribution in [0.3, 0.4) is 0 Å². The Labute approximate surface area is 122 Å². The van der Waals surface area contributed by atoms with Crippen LogP contribution in [0.5, 0.6) is 5.75 Å². The van der Waals surface area contributed by atoms with Crippen LogP contribution in [0.2, 0.25) is 0 Å². The first-order chi connectivity index (χ1) is 9.95. The summed E-state index contributed by atoms with van der Waals surface area (Å²) in [5.74, 6) is -0.551. The molecule has 6 heteroatoms. The van der Waals surface area contributed by atoms with Crippen molar-refractivity contribution in [2.75, 3.05) is 18.4 Å². The van der Waals surface area contributed by atoms with Crippen molar-refractivity contribution in [3.63, 3.8) is 0 Å². The van der Waals surface area contributed by atoms with Gasteiger partial charge in [0, 0.05) is 25.9 Å². The molecule has 0 radical (unpaired) electrons. The van der Waals surface area contributed by atoms with Gasteiger partial charge in [0.1, 0.15) is 0 Å². The van der Waals surface area contributed by atoms with Gasteiger partial charge in [0.15, 0.2) is 17.7 Å². The second kappa shape index (κ2) is 5.02.